The SMILES string of the molecule is CC(=O)N1CCN(c2ccc(C(=O)NCC3CCCN(C(C)C)C3)cc2[N+](=O)[O-])CC1. The molecule has 0 aliphatic carbocycles. The highest BCUT2D eigenvalue weighted by atomic mass is 16.6. The van der Waals surface area contributed by atoms with Crippen LogP contribution in [0.5, 0.6) is 0 Å². The molecule has 31 heavy (non-hydrogen) atoms. The van der Waals surface area contributed by atoms with Gasteiger partial charge in [-0.1, -0.05) is 0 Å². The van der Waals surface area contributed by atoms with Crippen molar-refractivity contribution in [3.05, 3.63) is 33.9 Å². The van der Waals surface area contributed by atoms with Crippen LogP contribution in [-0.2, 0) is 4.79 Å². The molecule has 1 atom stereocenters. The van der Waals surface area contributed by atoms with Gasteiger partial charge in [0.15, 0.2) is 0 Å². The number of piperazine rings is 1. The van der Waals surface area contributed by atoms with Gasteiger partial charge in [0.2, 0.25) is 5.91 Å². The number of benzene rings is 1. The fourth-order valence-electron chi connectivity index (χ4n) is 4.41. The summed E-state index contributed by atoms with van der Waals surface area (Å²) in [4.78, 5) is 41.5. The van der Waals surface area contributed by atoms with Crippen LogP contribution in [0.25, 0.3) is 0 Å². The highest BCUT2D eigenvalue weighted by molar-refractivity contribution is 5.95. The lowest BCUT2D eigenvalue weighted by Crippen LogP contribution is -2.48. The predicted octanol–water partition coefficient (Wildman–Crippen LogP) is 2.11. The van der Waals surface area contributed by atoms with Crippen LogP contribution in [-0.4, -0.2) is 78.4 Å². The van der Waals surface area contributed by atoms with Crippen molar-refractivity contribution in [3.63, 3.8) is 0 Å². The van der Waals surface area contributed by atoms with Crippen molar-refractivity contribution in [1.29, 1.82) is 0 Å². The first kappa shape index (κ1) is 23.0. The number of nitrogens with zero attached hydrogens (tertiary/aromatic N) is 4. The molecule has 2 heterocycles. The van der Waals surface area contributed by atoms with Crippen LogP contribution >= 0.6 is 0 Å². The summed E-state index contributed by atoms with van der Waals surface area (Å²) in [6, 6.07) is 5.16. The van der Waals surface area contributed by atoms with Gasteiger partial charge in [-0.3, -0.25) is 19.7 Å². The molecule has 2 aliphatic heterocycles. The van der Waals surface area contributed by atoms with Crippen molar-refractivity contribution in [2.75, 3.05) is 50.7 Å². The molecule has 0 radical (unpaired) electrons. The van der Waals surface area contributed by atoms with Gasteiger partial charge in [0.1, 0.15) is 5.69 Å². The Morgan fingerprint density at radius 2 is 1.90 bits per heavy atom. The number of nitro benzene ring substituents is 1. The first-order chi connectivity index (χ1) is 14.8. The number of rotatable bonds is 6. The smallest absolute Gasteiger partial charge is 0.293 e. The van der Waals surface area contributed by atoms with Crippen LogP contribution in [0.2, 0.25) is 0 Å². The van der Waals surface area contributed by atoms with Gasteiger partial charge < -0.3 is 20.0 Å². The van der Waals surface area contributed by atoms with Crippen LogP contribution in [0.1, 0.15) is 44.0 Å². The summed E-state index contributed by atoms with van der Waals surface area (Å²) in [5.41, 5.74) is 0.714. The number of carbonyl (C=O) groups excluding carboxylic acids is 2. The summed E-state index contributed by atoms with van der Waals surface area (Å²) >= 11 is 0. The maximum atomic E-state index is 12.7. The number of anilines is 1. The fourth-order valence-corrected chi connectivity index (χ4v) is 4.41. The molecule has 9 heteroatoms. The van der Waals surface area contributed by atoms with E-state index in [0.717, 1.165) is 25.9 Å². The molecule has 170 valence electrons. The van der Waals surface area contributed by atoms with Gasteiger partial charge >= 0.3 is 0 Å². The zero-order valence-corrected chi connectivity index (χ0v) is 18.7. The molecular weight excluding hydrogens is 398 g/mol. The summed E-state index contributed by atoms with van der Waals surface area (Å²) in [7, 11) is 0. The van der Waals surface area contributed by atoms with Crippen LogP contribution in [0, 0.1) is 16.0 Å². The second-order valence-electron chi connectivity index (χ2n) is 8.76. The van der Waals surface area contributed by atoms with Gasteiger partial charge in [0.25, 0.3) is 11.6 Å². The third-order valence-corrected chi connectivity index (χ3v) is 6.33. The Morgan fingerprint density at radius 1 is 1.19 bits per heavy atom. The number of amides is 2. The first-order valence-electron chi connectivity index (χ1n) is 11.1. The number of piperidine rings is 1. The normalized spacial score (nSPS) is 20.1. The number of hydrogen-bond donors (Lipinski definition) is 1. The molecule has 9 nitrogen and oxygen atoms in total. The van der Waals surface area contributed by atoms with Gasteiger partial charge in [0, 0.05) is 63.9 Å². The lowest BCUT2D eigenvalue weighted by atomic mass is 9.97. The Bertz CT molecular complexity index is 820. The molecule has 0 bridgehead atoms. The van der Waals surface area contributed by atoms with E-state index in [0.29, 0.717) is 55.9 Å². The minimum Gasteiger partial charge on any atom is -0.362 e. The molecule has 2 fully saturated rings. The van der Waals surface area contributed by atoms with Gasteiger partial charge in [-0.2, -0.15) is 0 Å². The minimum atomic E-state index is -0.439. The molecule has 1 aromatic rings. The number of carbonyl (C=O) groups is 2. The van der Waals surface area contributed by atoms with E-state index in [1.165, 1.54) is 13.0 Å². The predicted molar refractivity (Wildman–Crippen MR) is 119 cm³/mol. The van der Waals surface area contributed by atoms with Crippen molar-refractivity contribution in [3.8, 4) is 0 Å². The second-order valence-corrected chi connectivity index (χ2v) is 8.76. The van der Waals surface area contributed by atoms with E-state index in [1.54, 1.807) is 17.0 Å². The lowest BCUT2D eigenvalue weighted by molar-refractivity contribution is -0.384. The molecule has 0 saturated carbocycles. The van der Waals surface area contributed by atoms with Gasteiger partial charge in [0.05, 0.1) is 4.92 Å². The van der Waals surface area contributed by atoms with E-state index in [2.05, 4.69) is 24.1 Å². The van der Waals surface area contributed by atoms with Gasteiger partial charge in [-0.25, -0.2) is 0 Å². The summed E-state index contributed by atoms with van der Waals surface area (Å²) in [6.45, 7) is 10.6. The zero-order chi connectivity index (χ0) is 22.5. The molecule has 3 rings (SSSR count). The van der Waals surface area contributed by atoms with Crippen molar-refractivity contribution in [2.45, 2.75) is 39.7 Å². The van der Waals surface area contributed by atoms with E-state index in [-0.39, 0.29) is 17.5 Å². The highest BCUT2D eigenvalue weighted by Gasteiger charge is 2.26. The molecule has 2 amide bonds. The Balaban J connectivity index is 1.64. The average molecular weight is 432 g/mol. The summed E-state index contributed by atoms with van der Waals surface area (Å²) in [5, 5.41) is 14.7. The van der Waals surface area contributed by atoms with E-state index >= 15 is 0 Å². The fraction of sp³-hybridized carbons (Fsp3) is 0.636. The van der Waals surface area contributed by atoms with Crippen LogP contribution in [0.15, 0.2) is 18.2 Å². The minimum absolute atomic E-state index is 0.00986. The standard InChI is InChI=1S/C22H33N5O4/c1-16(2)26-8-4-5-18(15-26)14-23-22(29)19-6-7-20(21(13-19)27(30)31)25-11-9-24(10-12-25)17(3)28/h6-7,13,16,18H,4-5,8-12,14-15H2,1-3H3,(H,23,29). The summed E-state index contributed by atoms with van der Waals surface area (Å²) in [6.07, 6.45) is 2.20. The molecule has 1 unspecified atom stereocenters. The molecule has 0 spiro atoms. The molecule has 2 aliphatic rings. The summed E-state index contributed by atoms with van der Waals surface area (Å²) < 4.78 is 0. The monoisotopic (exact) mass is 431 g/mol. The molecule has 1 aromatic carbocycles. The van der Waals surface area contributed by atoms with Crippen LogP contribution in [0.4, 0.5) is 11.4 Å². The average Bonchev–Trinajstić information content (AvgIpc) is 2.77. The largest absolute Gasteiger partial charge is 0.362 e. The van der Waals surface area contributed by atoms with Crippen molar-refractivity contribution < 1.29 is 14.5 Å². The summed E-state index contributed by atoms with van der Waals surface area (Å²) in [5.74, 6) is 0.125. The maximum absolute atomic E-state index is 12.7. The molecule has 1 N–H and O–H groups in total. The van der Waals surface area contributed by atoms with E-state index < -0.39 is 4.92 Å². The third-order valence-electron chi connectivity index (χ3n) is 6.33. The van der Waals surface area contributed by atoms with Crippen molar-refractivity contribution in [2.24, 2.45) is 5.92 Å². The Hall–Kier alpha value is -2.68. The molecule has 0 aromatic heterocycles. The van der Waals surface area contributed by atoms with Crippen molar-refractivity contribution >= 4 is 23.2 Å². The number of nitro groups is 1. The number of hydrogen-bond acceptors (Lipinski definition) is 6. The topological polar surface area (TPSA) is 99.0 Å². The second kappa shape index (κ2) is 10.1. The van der Waals surface area contributed by atoms with Crippen LogP contribution < -0.4 is 10.2 Å². The number of likely N-dealkylation sites (tertiary alicyclic amines) is 1. The van der Waals surface area contributed by atoms with Gasteiger partial charge in [-0.15, -0.1) is 0 Å². The van der Waals surface area contributed by atoms with E-state index in [1.807, 2.05) is 4.90 Å². The van der Waals surface area contributed by atoms with Gasteiger partial charge in [-0.05, 0) is 51.3 Å². The van der Waals surface area contributed by atoms with Crippen LogP contribution in [0.3, 0.4) is 0 Å². The number of nitrogens with one attached hydrogen (secondary N) is 1. The lowest BCUT2D eigenvalue weighted by Gasteiger charge is -2.35. The molecule has 2 saturated heterocycles. The Labute approximate surface area is 183 Å². The quantitative estimate of drug-likeness (QED) is 0.547. The van der Waals surface area contributed by atoms with E-state index in [4.69, 9.17) is 0 Å². The Kier molecular flexibility index (Phi) is 7.48. The third kappa shape index (κ3) is 5.72. The maximum Gasteiger partial charge on any atom is 0.293 e. The molecular formula is C22H33N5O4. The highest BCUT2D eigenvalue weighted by Crippen LogP contribution is 2.30. The van der Waals surface area contributed by atoms with E-state index in [9.17, 15) is 19.7 Å². The zero-order valence-electron chi connectivity index (χ0n) is 18.7. The first-order valence-corrected chi connectivity index (χ1v) is 11.1. The van der Waals surface area contributed by atoms with Crippen molar-refractivity contribution in [1.82, 2.24) is 15.1 Å². The Morgan fingerprint density at radius 3 is 2.52 bits per heavy atom.